The van der Waals surface area contributed by atoms with E-state index in [0.29, 0.717) is 29.7 Å². The Hall–Kier alpha value is -3.79. The van der Waals surface area contributed by atoms with Gasteiger partial charge in [-0.3, -0.25) is 4.79 Å². The molecular formula is C36H36N2O2. The van der Waals surface area contributed by atoms with E-state index >= 15 is 0 Å². The van der Waals surface area contributed by atoms with Crippen LogP contribution in [0.25, 0.3) is 32.8 Å². The van der Waals surface area contributed by atoms with Gasteiger partial charge in [-0.25, -0.2) is 9.97 Å². The summed E-state index contributed by atoms with van der Waals surface area (Å²) >= 11 is 0. The molecule has 4 nitrogen and oxygen atoms in total. The molecule has 0 saturated heterocycles. The van der Waals surface area contributed by atoms with Crippen molar-refractivity contribution in [3.63, 3.8) is 0 Å². The van der Waals surface area contributed by atoms with Crippen LogP contribution in [0.1, 0.15) is 80.3 Å². The van der Waals surface area contributed by atoms with E-state index in [1.54, 1.807) is 0 Å². The second-order valence-electron chi connectivity index (χ2n) is 12.5. The molecule has 0 radical (unpaired) electrons. The molecule has 0 amide bonds. The molecule has 40 heavy (non-hydrogen) atoms. The third kappa shape index (κ3) is 4.25. The number of aromatic nitrogens is 2. The van der Waals surface area contributed by atoms with Crippen LogP contribution in [0.15, 0.2) is 72.8 Å². The third-order valence-corrected chi connectivity index (χ3v) is 9.37. The SMILES string of the molecule is C[C@@H]1CC[C@@H]2[C@@H](C1)c1c(c3ccccc3c3nc4cc(C(=O)CCCc5ccccc5)ccc4nc13)OC2(C)C. The van der Waals surface area contributed by atoms with Gasteiger partial charge in [0, 0.05) is 34.2 Å². The standard InChI is InChI=1S/C36H36N2O2/c1-22-16-18-28-27(20-22)32-34-33(25-13-7-8-14-26(25)35(32)40-36(28,2)3)38-30-21-24(17-19-29(30)37-34)31(39)15-9-12-23-10-5-4-6-11-23/h4-8,10-11,13-14,17,19,21-22,27-28H,9,12,15-16,18,20H2,1-3H3/t22-,27-,28-/m1/s1. The largest absolute Gasteiger partial charge is 0.487 e. The number of carbonyl (C=O) groups excluding carboxylic acids is 1. The molecule has 2 aliphatic rings. The lowest BCUT2D eigenvalue weighted by molar-refractivity contribution is -0.0115. The van der Waals surface area contributed by atoms with Gasteiger partial charge < -0.3 is 4.74 Å². The lowest BCUT2D eigenvalue weighted by Crippen LogP contribution is -2.46. The van der Waals surface area contributed by atoms with Crippen LogP contribution in [-0.2, 0) is 6.42 Å². The minimum Gasteiger partial charge on any atom is -0.487 e. The third-order valence-electron chi connectivity index (χ3n) is 9.37. The van der Waals surface area contributed by atoms with Crippen LogP contribution in [-0.4, -0.2) is 21.4 Å². The number of nitrogens with zero attached hydrogens (tertiary/aromatic N) is 2. The molecule has 1 fully saturated rings. The number of Topliss-reactive ketones (excluding diaryl/α,β-unsaturated/α-hetero) is 1. The highest BCUT2D eigenvalue weighted by Crippen LogP contribution is 2.56. The quantitative estimate of drug-likeness (QED) is 0.130. The van der Waals surface area contributed by atoms with Crippen molar-refractivity contribution < 1.29 is 9.53 Å². The minimum atomic E-state index is -0.228. The first-order valence-corrected chi connectivity index (χ1v) is 14.8. The van der Waals surface area contributed by atoms with Crippen molar-refractivity contribution in [2.45, 2.75) is 70.8 Å². The lowest BCUT2D eigenvalue weighted by atomic mass is 9.64. The Bertz CT molecular complexity index is 1760. The molecule has 3 atom stereocenters. The van der Waals surface area contributed by atoms with Gasteiger partial charge in [-0.2, -0.15) is 0 Å². The molecule has 202 valence electrons. The second kappa shape index (κ2) is 9.69. The monoisotopic (exact) mass is 528 g/mol. The Morgan fingerprint density at radius 2 is 1.65 bits per heavy atom. The van der Waals surface area contributed by atoms with Crippen LogP contribution in [0.2, 0.25) is 0 Å². The number of hydrogen-bond donors (Lipinski definition) is 0. The number of aryl methyl sites for hydroxylation is 1. The van der Waals surface area contributed by atoms with Crippen molar-refractivity contribution in [3.8, 4) is 5.75 Å². The van der Waals surface area contributed by atoms with Crippen molar-refractivity contribution in [2.24, 2.45) is 11.8 Å². The predicted octanol–water partition coefficient (Wildman–Crippen LogP) is 8.83. The number of fused-ring (bicyclic) bond motifs is 9. The number of ether oxygens (including phenoxy) is 1. The summed E-state index contributed by atoms with van der Waals surface area (Å²) in [6.45, 7) is 6.89. The average molecular weight is 529 g/mol. The molecular weight excluding hydrogens is 492 g/mol. The van der Waals surface area contributed by atoms with Gasteiger partial charge in [0.15, 0.2) is 5.78 Å². The molecule has 1 saturated carbocycles. The smallest absolute Gasteiger partial charge is 0.162 e. The van der Waals surface area contributed by atoms with Crippen molar-refractivity contribution >= 4 is 38.6 Å². The number of benzene rings is 4. The molecule has 1 aromatic heterocycles. The van der Waals surface area contributed by atoms with Crippen LogP contribution in [0.4, 0.5) is 0 Å². The molecule has 7 rings (SSSR count). The normalized spacial score (nSPS) is 21.6. The Morgan fingerprint density at radius 1 is 0.900 bits per heavy atom. The maximum atomic E-state index is 13.1. The van der Waals surface area contributed by atoms with Crippen molar-refractivity contribution in [1.29, 1.82) is 0 Å². The number of ketones is 1. The summed E-state index contributed by atoms with van der Waals surface area (Å²) in [5, 5.41) is 2.17. The fourth-order valence-electron chi connectivity index (χ4n) is 7.31. The van der Waals surface area contributed by atoms with Crippen LogP contribution >= 0.6 is 0 Å². The van der Waals surface area contributed by atoms with E-state index in [4.69, 9.17) is 14.7 Å². The Balaban J connectivity index is 1.32. The van der Waals surface area contributed by atoms with E-state index < -0.39 is 0 Å². The van der Waals surface area contributed by atoms with Gasteiger partial charge in [-0.1, -0.05) is 67.9 Å². The molecule has 0 spiro atoms. The fourth-order valence-corrected chi connectivity index (χ4v) is 7.31. The van der Waals surface area contributed by atoms with Gasteiger partial charge in [0.05, 0.1) is 22.1 Å². The zero-order chi connectivity index (χ0) is 27.4. The summed E-state index contributed by atoms with van der Waals surface area (Å²) in [5.41, 5.74) is 6.46. The van der Waals surface area contributed by atoms with E-state index in [-0.39, 0.29) is 11.4 Å². The maximum Gasteiger partial charge on any atom is 0.162 e. The Labute approximate surface area is 235 Å². The summed E-state index contributed by atoms with van der Waals surface area (Å²) in [5.74, 6) is 2.67. The van der Waals surface area contributed by atoms with Crippen LogP contribution in [0.5, 0.6) is 5.75 Å². The lowest BCUT2D eigenvalue weighted by Gasteiger charge is -2.49. The van der Waals surface area contributed by atoms with Crippen LogP contribution in [0, 0.1) is 11.8 Å². The van der Waals surface area contributed by atoms with Crippen molar-refractivity contribution in [3.05, 3.63) is 89.5 Å². The molecule has 0 bridgehead atoms. The summed E-state index contributed by atoms with van der Waals surface area (Å²) in [4.78, 5) is 23.6. The molecule has 0 N–H and O–H groups in total. The predicted molar refractivity (Wildman–Crippen MR) is 162 cm³/mol. The van der Waals surface area contributed by atoms with Gasteiger partial charge in [0.1, 0.15) is 11.4 Å². The van der Waals surface area contributed by atoms with Gasteiger partial charge in [0.25, 0.3) is 0 Å². The maximum absolute atomic E-state index is 13.1. The van der Waals surface area contributed by atoms with E-state index in [2.05, 4.69) is 57.2 Å². The van der Waals surface area contributed by atoms with Gasteiger partial charge >= 0.3 is 0 Å². The molecule has 0 unspecified atom stereocenters. The van der Waals surface area contributed by atoms with Gasteiger partial charge in [-0.15, -0.1) is 0 Å². The number of hydrogen-bond acceptors (Lipinski definition) is 4. The highest BCUT2D eigenvalue weighted by atomic mass is 16.5. The molecule has 4 heteroatoms. The molecule has 2 heterocycles. The average Bonchev–Trinajstić information content (AvgIpc) is 2.96. The zero-order valence-electron chi connectivity index (χ0n) is 23.6. The topological polar surface area (TPSA) is 52.1 Å². The number of carbonyl (C=O) groups is 1. The molecule has 1 aliphatic carbocycles. The molecule has 5 aromatic rings. The molecule has 4 aromatic carbocycles. The van der Waals surface area contributed by atoms with Crippen molar-refractivity contribution in [2.75, 3.05) is 0 Å². The summed E-state index contributed by atoms with van der Waals surface area (Å²) in [6, 6.07) is 24.6. The van der Waals surface area contributed by atoms with E-state index in [1.807, 2.05) is 36.4 Å². The van der Waals surface area contributed by atoms with E-state index in [0.717, 1.165) is 57.9 Å². The first-order valence-electron chi connectivity index (χ1n) is 14.8. The van der Waals surface area contributed by atoms with E-state index in [1.165, 1.54) is 24.0 Å². The fraction of sp³-hybridized carbons (Fsp3) is 0.361. The second-order valence-corrected chi connectivity index (χ2v) is 12.5. The van der Waals surface area contributed by atoms with E-state index in [9.17, 15) is 4.79 Å². The van der Waals surface area contributed by atoms with Gasteiger partial charge in [0.2, 0.25) is 0 Å². The van der Waals surface area contributed by atoms with Crippen molar-refractivity contribution in [1.82, 2.24) is 9.97 Å². The Kier molecular flexibility index (Phi) is 6.10. The van der Waals surface area contributed by atoms with Crippen LogP contribution < -0.4 is 4.74 Å². The van der Waals surface area contributed by atoms with Crippen LogP contribution in [0.3, 0.4) is 0 Å². The highest BCUT2D eigenvalue weighted by molar-refractivity contribution is 6.11. The minimum absolute atomic E-state index is 0.157. The summed E-state index contributed by atoms with van der Waals surface area (Å²) in [6.07, 6.45) is 5.81. The first kappa shape index (κ1) is 25.2. The first-order chi connectivity index (χ1) is 19.4. The van der Waals surface area contributed by atoms with Gasteiger partial charge in [-0.05, 0) is 75.1 Å². The summed E-state index contributed by atoms with van der Waals surface area (Å²) in [7, 11) is 0. The highest BCUT2D eigenvalue weighted by Gasteiger charge is 2.47. The number of rotatable bonds is 5. The zero-order valence-corrected chi connectivity index (χ0v) is 23.6. The molecule has 1 aliphatic heterocycles. The summed E-state index contributed by atoms with van der Waals surface area (Å²) < 4.78 is 6.87. The Morgan fingerprint density at radius 3 is 2.48 bits per heavy atom.